The van der Waals surface area contributed by atoms with Crippen molar-refractivity contribution in [2.45, 2.75) is 13.1 Å². The first-order chi connectivity index (χ1) is 12.2. The summed E-state index contributed by atoms with van der Waals surface area (Å²) in [6.07, 6.45) is -0.262. The van der Waals surface area contributed by atoms with E-state index in [2.05, 4.69) is 34.7 Å². The van der Waals surface area contributed by atoms with Crippen LogP contribution in [0, 0.1) is 6.92 Å². The molecule has 3 aromatic carbocycles. The van der Waals surface area contributed by atoms with Gasteiger partial charge < -0.3 is 5.32 Å². The number of aryl methyl sites for hydroxylation is 1. The fourth-order valence-electron chi connectivity index (χ4n) is 2.93. The van der Waals surface area contributed by atoms with E-state index in [0.29, 0.717) is 5.02 Å². The fraction of sp³-hybridized carbons (Fsp3) is 0.100. The van der Waals surface area contributed by atoms with E-state index < -0.39 is 0 Å². The Labute approximate surface area is 151 Å². The first-order valence-electron chi connectivity index (χ1n) is 8.10. The van der Waals surface area contributed by atoms with Gasteiger partial charge in [0.25, 0.3) is 0 Å². The van der Waals surface area contributed by atoms with Crippen molar-refractivity contribution in [3.63, 3.8) is 0 Å². The number of hydrogen-bond acceptors (Lipinski definition) is 3. The molecule has 1 N–H and O–H groups in total. The molecule has 124 valence electrons. The highest BCUT2D eigenvalue weighted by Gasteiger charge is 2.20. The summed E-state index contributed by atoms with van der Waals surface area (Å²) in [6, 6.07) is 23.9. The summed E-state index contributed by atoms with van der Waals surface area (Å²) >= 11 is 6.49. The molecule has 0 unspecified atom stereocenters. The molecule has 0 amide bonds. The Kier molecular flexibility index (Phi) is 4.12. The van der Waals surface area contributed by atoms with Crippen LogP contribution >= 0.6 is 11.6 Å². The number of halogens is 1. The average Bonchev–Trinajstić information content (AvgIpc) is 3.06. The average molecular weight is 349 g/mol. The Bertz CT molecular complexity index is 1020. The summed E-state index contributed by atoms with van der Waals surface area (Å²) in [5.74, 6) is 0. The summed E-state index contributed by atoms with van der Waals surface area (Å²) < 4.78 is 1.88. The number of benzene rings is 3. The van der Waals surface area contributed by atoms with Gasteiger partial charge in [0.2, 0.25) is 0 Å². The fourth-order valence-corrected chi connectivity index (χ4v) is 3.17. The van der Waals surface area contributed by atoms with E-state index in [4.69, 9.17) is 11.6 Å². The van der Waals surface area contributed by atoms with Crippen LogP contribution < -0.4 is 5.32 Å². The number of hydrogen-bond donors (Lipinski definition) is 1. The monoisotopic (exact) mass is 348 g/mol. The maximum Gasteiger partial charge on any atom is 0.150 e. The van der Waals surface area contributed by atoms with Crippen LogP contribution in [0.3, 0.4) is 0 Å². The molecule has 0 radical (unpaired) electrons. The maximum absolute atomic E-state index is 6.49. The molecule has 4 rings (SSSR count). The van der Waals surface area contributed by atoms with Crippen LogP contribution in [0.25, 0.3) is 11.0 Å². The molecule has 4 nitrogen and oxygen atoms in total. The SMILES string of the molecule is Cc1ccccc1N[C@@H](c1ccccc1Cl)n1nnc2ccccc21. The minimum Gasteiger partial charge on any atom is -0.360 e. The van der Waals surface area contributed by atoms with E-state index in [1.165, 1.54) is 0 Å². The first kappa shape index (κ1) is 15.7. The highest BCUT2D eigenvalue weighted by molar-refractivity contribution is 6.31. The van der Waals surface area contributed by atoms with Gasteiger partial charge in [0.1, 0.15) is 5.52 Å². The van der Waals surface area contributed by atoms with Crippen molar-refractivity contribution >= 4 is 28.3 Å². The minimum absolute atomic E-state index is 0.262. The highest BCUT2D eigenvalue weighted by atomic mass is 35.5. The molecule has 1 aromatic heterocycles. The van der Waals surface area contributed by atoms with Crippen LogP contribution in [0.2, 0.25) is 5.02 Å². The lowest BCUT2D eigenvalue weighted by atomic mass is 10.1. The quantitative estimate of drug-likeness (QED) is 0.561. The number of rotatable bonds is 4. The number of nitrogens with zero attached hydrogens (tertiary/aromatic N) is 3. The molecule has 4 aromatic rings. The van der Waals surface area contributed by atoms with Crippen LogP contribution in [-0.4, -0.2) is 15.0 Å². The largest absolute Gasteiger partial charge is 0.360 e. The molecule has 1 heterocycles. The zero-order valence-electron chi connectivity index (χ0n) is 13.7. The second-order valence-corrected chi connectivity index (χ2v) is 6.31. The van der Waals surface area contributed by atoms with Gasteiger partial charge in [-0.3, -0.25) is 0 Å². The van der Waals surface area contributed by atoms with E-state index in [1.54, 1.807) is 0 Å². The molecule has 0 saturated heterocycles. The second kappa shape index (κ2) is 6.57. The lowest BCUT2D eigenvalue weighted by Crippen LogP contribution is -2.21. The van der Waals surface area contributed by atoms with Gasteiger partial charge in [0, 0.05) is 16.3 Å². The van der Waals surface area contributed by atoms with E-state index in [0.717, 1.165) is 27.8 Å². The Hall–Kier alpha value is -2.85. The summed E-state index contributed by atoms with van der Waals surface area (Å²) in [6.45, 7) is 2.07. The molecule has 25 heavy (non-hydrogen) atoms. The van der Waals surface area contributed by atoms with E-state index in [1.807, 2.05) is 65.3 Å². The Balaban J connectivity index is 1.87. The second-order valence-electron chi connectivity index (χ2n) is 5.91. The molecule has 1 atom stereocenters. The highest BCUT2D eigenvalue weighted by Crippen LogP contribution is 2.30. The third-order valence-electron chi connectivity index (χ3n) is 4.26. The van der Waals surface area contributed by atoms with Crippen molar-refractivity contribution in [3.05, 3.63) is 88.9 Å². The molecule has 0 aliphatic rings. The van der Waals surface area contributed by atoms with Crippen molar-refractivity contribution in [3.8, 4) is 0 Å². The Morgan fingerprint density at radius 2 is 1.64 bits per heavy atom. The first-order valence-corrected chi connectivity index (χ1v) is 8.48. The third-order valence-corrected chi connectivity index (χ3v) is 4.60. The normalized spacial score (nSPS) is 12.2. The third kappa shape index (κ3) is 2.96. The lowest BCUT2D eigenvalue weighted by Gasteiger charge is -2.23. The van der Waals surface area contributed by atoms with Crippen molar-refractivity contribution in [2.75, 3.05) is 5.32 Å². The van der Waals surface area contributed by atoms with Crippen LogP contribution in [0.1, 0.15) is 17.3 Å². The number of aromatic nitrogens is 3. The lowest BCUT2D eigenvalue weighted by molar-refractivity contribution is 0.571. The van der Waals surface area contributed by atoms with Gasteiger partial charge in [0.05, 0.1) is 5.52 Å². The molecular weight excluding hydrogens is 332 g/mol. The van der Waals surface area contributed by atoms with Crippen molar-refractivity contribution in [2.24, 2.45) is 0 Å². The number of nitrogens with one attached hydrogen (secondary N) is 1. The molecular formula is C20H17ClN4. The summed E-state index contributed by atoms with van der Waals surface area (Å²) in [4.78, 5) is 0. The molecule has 0 aliphatic heterocycles. The van der Waals surface area contributed by atoms with Crippen molar-refractivity contribution in [1.82, 2.24) is 15.0 Å². The number of anilines is 1. The summed E-state index contributed by atoms with van der Waals surface area (Å²) in [7, 11) is 0. The van der Waals surface area contributed by atoms with Gasteiger partial charge in [-0.15, -0.1) is 5.10 Å². The molecule has 0 saturated carbocycles. The van der Waals surface area contributed by atoms with Crippen LogP contribution in [0.4, 0.5) is 5.69 Å². The van der Waals surface area contributed by atoms with Gasteiger partial charge in [-0.1, -0.05) is 65.3 Å². The molecule has 0 bridgehead atoms. The van der Waals surface area contributed by atoms with Gasteiger partial charge in [-0.25, -0.2) is 4.68 Å². The Morgan fingerprint density at radius 3 is 2.48 bits per heavy atom. The van der Waals surface area contributed by atoms with Crippen LogP contribution in [-0.2, 0) is 0 Å². The van der Waals surface area contributed by atoms with Crippen molar-refractivity contribution < 1.29 is 0 Å². The predicted molar refractivity (Wildman–Crippen MR) is 102 cm³/mol. The van der Waals surface area contributed by atoms with Crippen LogP contribution in [0.5, 0.6) is 0 Å². The predicted octanol–water partition coefficient (Wildman–Crippen LogP) is 5.05. The summed E-state index contributed by atoms with van der Waals surface area (Å²) in [5.41, 5.74) is 4.94. The maximum atomic E-state index is 6.49. The minimum atomic E-state index is -0.262. The zero-order valence-corrected chi connectivity index (χ0v) is 14.5. The van der Waals surface area contributed by atoms with Crippen LogP contribution in [0.15, 0.2) is 72.8 Å². The smallest absolute Gasteiger partial charge is 0.150 e. The van der Waals surface area contributed by atoms with Gasteiger partial charge in [-0.2, -0.15) is 0 Å². The molecule has 0 spiro atoms. The number of para-hydroxylation sites is 2. The molecule has 0 aliphatic carbocycles. The standard InChI is InChI=1S/C20H17ClN4/c1-14-8-2-5-11-17(14)22-20(15-9-3-4-10-16(15)21)25-19-13-7-6-12-18(19)23-24-25/h2-13,20,22H,1H3/t20-/m1/s1. The van der Waals surface area contributed by atoms with Crippen molar-refractivity contribution in [1.29, 1.82) is 0 Å². The van der Waals surface area contributed by atoms with Gasteiger partial charge in [0.15, 0.2) is 6.17 Å². The van der Waals surface area contributed by atoms with E-state index in [-0.39, 0.29) is 6.17 Å². The number of fused-ring (bicyclic) bond motifs is 1. The van der Waals surface area contributed by atoms with Gasteiger partial charge >= 0.3 is 0 Å². The van der Waals surface area contributed by atoms with E-state index >= 15 is 0 Å². The summed E-state index contributed by atoms with van der Waals surface area (Å²) in [5, 5.41) is 12.9. The topological polar surface area (TPSA) is 42.7 Å². The molecule has 0 fully saturated rings. The Morgan fingerprint density at radius 1 is 0.920 bits per heavy atom. The zero-order chi connectivity index (χ0) is 17.2. The molecule has 5 heteroatoms. The van der Waals surface area contributed by atoms with E-state index in [9.17, 15) is 0 Å². The van der Waals surface area contributed by atoms with Gasteiger partial charge in [-0.05, 0) is 36.8 Å².